The van der Waals surface area contributed by atoms with E-state index < -0.39 is 6.29 Å². The molecular formula is C14H12F2N4O3S. The maximum atomic E-state index is 13.0. The molecule has 1 aromatic heterocycles. The van der Waals surface area contributed by atoms with Gasteiger partial charge in [0.15, 0.2) is 16.7 Å². The quantitative estimate of drug-likeness (QED) is 0.832. The largest absolute Gasteiger partial charge is 0.586 e. The van der Waals surface area contributed by atoms with Crippen LogP contribution in [0.25, 0.3) is 0 Å². The van der Waals surface area contributed by atoms with Gasteiger partial charge in [-0.05, 0) is 25.0 Å². The van der Waals surface area contributed by atoms with E-state index in [1.54, 1.807) is 6.33 Å². The van der Waals surface area contributed by atoms with E-state index >= 15 is 0 Å². The Balaban J connectivity index is 1.36. The monoisotopic (exact) mass is 354 g/mol. The molecule has 0 bridgehead atoms. The highest BCUT2D eigenvalue weighted by Gasteiger charge is 2.43. The van der Waals surface area contributed by atoms with Crippen molar-refractivity contribution >= 4 is 23.4 Å². The van der Waals surface area contributed by atoms with Crippen LogP contribution in [0.2, 0.25) is 0 Å². The molecule has 0 radical (unpaired) electrons. The van der Waals surface area contributed by atoms with Crippen LogP contribution < -0.4 is 14.8 Å². The Morgan fingerprint density at radius 2 is 2.17 bits per heavy atom. The fraction of sp³-hybridized carbons (Fsp3) is 0.357. The average Bonchev–Trinajstić information content (AvgIpc) is 3.16. The molecule has 0 saturated heterocycles. The Morgan fingerprint density at radius 1 is 1.38 bits per heavy atom. The normalized spacial score (nSPS) is 17.8. The minimum atomic E-state index is -3.67. The number of alkyl halides is 2. The molecule has 24 heavy (non-hydrogen) atoms. The van der Waals surface area contributed by atoms with Crippen LogP contribution in [-0.2, 0) is 4.79 Å². The van der Waals surface area contributed by atoms with Crippen LogP contribution in [-0.4, -0.2) is 32.7 Å². The number of nitrogens with zero attached hydrogens (tertiary/aromatic N) is 3. The van der Waals surface area contributed by atoms with Crippen LogP contribution in [0.5, 0.6) is 11.5 Å². The summed E-state index contributed by atoms with van der Waals surface area (Å²) in [7, 11) is 0. The summed E-state index contributed by atoms with van der Waals surface area (Å²) in [6, 6.07) is 4.52. The lowest BCUT2D eigenvalue weighted by Crippen LogP contribution is -2.25. The van der Waals surface area contributed by atoms with E-state index in [0.29, 0.717) is 16.9 Å². The third-order valence-corrected chi connectivity index (χ3v) is 4.46. The van der Waals surface area contributed by atoms with Gasteiger partial charge in [-0.2, -0.15) is 0 Å². The van der Waals surface area contributed by atoms with E-state index in [4.69, 9.17) is 0 Å². The zero-order chi connectivity index (χ0) is 16.7. The summed E-state index contributed by atoms with van der Waals surface area (Å²) in [6.45, 7) is 0. The van der Waals surface area contributed by atoms with Gasteiger partial charge in [0.05, 0.1) is 5.75 Å². The van der Waals surface area contributed by atoms with Gasteiger partial charge in [0.1, 0.15) is 6.33 Å². The van der Waals surface area contributed by atoms with Gasteiger partial charge in [-0.3, -0.25) is 4.79 Å². The van der Waals surface area contributed by atoms with E-state index in [1.807, 2.05) is 4.57 Å². The number of ether oxygens (including phenoxy) is 2. The first-order chi connectivity index (χ1) is 11.5. The first-order valence-electron chi connectivity index (χ1n) is 7.22. The number of halogens is 2. The number of hydrogen-bond acceptors (Lipinski definition) is 6. The summed E-state index contributed by atoms with van der Waals surface area (Å²) in [5, 5.41) is 11.2. The van der Waals surface area contributed by atoms with Crippen LogP contribution >= 0.6 is 11.8 Å². The molecule has 0 unspecified atom stereocenters. The molecule has 10 heteroatoms. The van der Waals surface area contributed by atoms with Crippen LogP contribution in [0.3, 0.4) is 0 Å². The Kier molecular flexibility index (Phi) is 3.56. The topological polar surface area (TPSA) is 78.3 Å². The van der Waals surface area contributed by atoms with E-state index in [2.05, 4.69) is 25.0 Å². The molecule has 0 atom stereocenters. The van der Waals surface area contributed by atoms with Gasteiger partial charge < -0.3 is 19.4 Å². The molecule has 1 aromatic carbocycles. The molecule has 2 heterocycles. The second kappa shape index (κ2) is 5.62. The first kappa shape index (κ1) is 15.2. The fourth-order valence-electron chi connectivity index (χ4n) is 2.29. The highest BCUT2D eigenvalue weighted by Crippen LogP contribution is 2.42. The van der Waals surface area contributed by atoms with Crippen LogP contribution in [0.1, 0.15) is 18.9 Å². The van der Waals surface area contributed by atoms with Crippen molar-refractivity contribution in [3.8, 4) is 11.5 Å². The first-order valence-corrected chi connectivity index (χ1v) is 8.21. The summed E-state index contributed by atoms with van der Waals surface area (Å²) >= 11 is 1.28. The minimum absolute atomic E-state index is 0.0649. The molecule has 1 aliphatic heterocycles. The fourth-order valence-corrected chi connectivity index (χ4v) is 3.07. The van der Waals surface area contributed by atoms with Crippen LogP contribution in [0, 0.1) is 0 Å². The molecular weight excluding hydrogens is 342 g/mol. The lowest BCUT2D eigenvalue weighted by atomic mass is 10.3. The molecule has 2 aliphatic rings. The second-order valence-electron chi connectivity index (χ2n) is 5.42. The van der Waals surface area contributed by atoms with E-state index in [0.717, 1.165) is 12.8 Å². The van der Waals surface area contributed by atoms with E-state index in [9.17, 15) is 13.6 Å². The van der Waals surface area contributed by atoms with Gasteiger partial charge in [-0.1, -0.05) is 11.8 Å². The Morgan fingerprint density at radius 3 is 2.96 bits per heavy atom. The SMILES string of the molecule is O=C(CSc1nncn1C1CC1)Nc1ccc2c(c1)OC(F)(F)O2. The Labute approximate surface area is 139 Å². The maximum absolute atomic E-state index is 13.0. The predicted molar refractivity (Wildman–Crippen MR) is 80.3 cm³/mol. The highest BCUT2D eigenvalue weighted by molar-refractivity contribution is 7.99. The van der Waals surface area contributed by atoms with Crippen LogP contribution in [0.15, 0.2) is 29.7 Å². The number of thioether (sulfide) groups is 1. The second-order valence-corrected chi connectivity index (χ2v) is 6.36. The van der Waals surface area contributed by atoms with Crippen molar-refractivity contribution in [2.75, 3.05) is 11.1 Å². The van der Waals surface area contributed by atoms with E-state index in [-0.39, 0.29) is 23.2 Å². The van der Waals surface area contributed by atoms with Crippen molar-refractivity contribution in [2.45, 2.75) is 30.3 Å². The average molecular weight is 354 g/mol. The third-order valence-electron chi connectivity index (χ3n) is 3.50. The Bertz CT molecular complexity index is 794. The summed E-state index contributed by atoms with van der Waals surface area (Å²) < 4.78 is 36.5. The van der Waals surface area contributed by atoms with Crippen LogP contribution in [0.4, 0.5) is 14.5 Å². The molecule has 4 rings (SSSR count). The zero-order valence-electron chi connectivity index (χ0n) is 12.2. The van der Waals surface area contributed by atoms with Crippen molar-refractivity contribution in [3.63, 3.8) is 0 Å². The zero-order valence-corrected chi connectivity index (χ0v) is 13.1. The Hall–Kier alpha value is -2.36. The number of hydrogen-bond donors (Lipinski definition) is 1. The maximum Gasteiger partial charge on any atom is 0.586 e. The molecule has 7 nitrogen and oxygen atoms in total. The number of aromatic nitrogens is 3. The highest BCUT2D eigenvalue weighted by atomic mass is 32.2. The number of carbonyl (C=O) groups is 1. The minimum Gasteiger partial charge on any atom is -0.395 e. The summed E-state index contributed by atoms with van der Waals surface area (Å²) in [6.07, 6.45) is 0.183. The van der Waals surface area contributed by atoms with Gasteiger partial charge >= 0.3 is 6.29 Å². The summed E-state index contributed by atoms with van der Waals surface area (Å²) in [4.78, 5) is 12.0. The molecule has 126 valence electrons. The smallest absolute Gasteiger partial charge is 0.395 e. The van der Waals surface area contributed by atoms with Crippen molar-refractivity contribution in [2.24, 2.45) is 0 Å². The van der Waals surface area contributed by atoms with Crippen molar-refractivity contribution in [3.05, 3.63) is 24.5 Å². The molecule has 1 N–H and O–H groups in total. The van der Waals surface area contributed by atoms with Gasteiger partial charge in [-0.25, -0.2) is 0 Å². The van der Waals surface area contributed by atoms with Crippen molar-refractivity contribution in [1.29, 1.82) is 0 Å². The molecule has 0 spiro atoms. The van der Waals surface area contributed by atoms with E-state index in [1.165, 1.54) is 30.0 Å². The number of benzene rings is 1. The van der Waals surface area contributed by atoms with Gasteiger partial charge in [-0.15, -0.1) is 19.0 Å². The molecule has 1 aliphatic carbocycles. The lowest BCUT2D eigenvalue weighted by Gasteiger charge is -2.06. The third kappa shape index (κ3) is 3.14. The van der Waals surface area contributed by atoms with Crippen molar-refractivity contribution in [1.82, 2.24) is 14.8 Å². The number of anilines is 1. The number of nitrogens with one attached hydrogen (secondary N) is 1. The summed E-state index contributed by atoms with van der Waals surface area (Å²) in [5.74, 6) is -0.324. The van der Waals surface area contributed by atoms with Gasteiger partial charge in [0.2, 0.25) is 5.91 Å². The van der Waals surface area contributed by atoms with Gasteiger partial charge in [0, 0.05) is 17.8 Å². The molecule has 1 amide bonds. The molecule has 1 fully saturated rings. The van der Waals surface area contributed by atoms with Gasteiger partial charge in [0.25, 0.3) is 0 Å². The number of carbonyl (C=O) groups excluding carboxylic acids is 1. The number of fused-ring (bicyclic) bond motifs is 1. The molecule has 1 saturated carbocycles. The molecule has 2 aromatic rings. The summed E-state index contributed by atoms with van der Waals surface area (Å²) in [5.41, 5.74) is 0.351. The van der Waals surface area contributed by atoms with Crippen molar-refractivity contribution < 1.29 is 23.0 Å². The predicted octanol–water partition coefficient (Wildman–Crippen LogP) is 2.67. The standard InChI is InChI=1S/C14H12F2N4O3S/c15-14(16)22-10-4-1-8(5-11(10)23-14)18-12(21)6-24-13-19-17-7-20(13)9-2-3-9/h1,4-5,7,9H,2-3,6H2,(H,18,21). The lowest BCUT2D eigenvalue weighted by molar-refractivity contribution is -0.286. The number of amides is 1. The number of rotatable bonds is 5.